The van der Waals surface area contributed by atoms with Crippen molar-refractivity contribution in [3.63, 3.8) is 0 Å². The molecule has 0 aliphatic carbocycles. The van der Waals surface area contributed by atoms with Gasteiger partial charge in [0.25, 0.3) is 5.91 Å². The fraction of sp³-hybridized carbons (Fsp3) is 0.130. The third-order valence-corrected chi connectivity index (χ3v) is 8.04. The second-order valence-electron chi connectivity index (χ2n) is 6.89. The minimum Gasteiger partial charge on any atom is -0.452 e. The van der Waals surface area contributed by atoms with E-state index in [-0.39, 0.29) is 16.2 Å². The second-order valence-corrected chi connectivity index (χ2v) is 10.7. The summed E-state index contributed by atoms with van der Waals surface area (Å²) in [5, 5.41) is 0.470. The van der Waals surface area contributed by atoms with E-state index in [2.05, 4.69) is 0 Å². The lowest BCUT2D eigenvalue weighted by atomic mass is 10.2. The zero-order chi connectivity index (χ0) is 22.9. The lowest BCUT2D eigenvalue weighted by Crippen LogP contribution is -2.32. The van der Waals surface area contributed by atoms with Gasteiger partial charge in [0.1, 0.15) is 0 Å². The summed E-state index contributed by atoms with van der Waals surface area (Å²) in [6.07, 6.45) is 0. The van der Waals surface area contributed by atoms with Crippen molar-refractivity contribution in [2.24, 2.45) is 0 Å². The fourth-order valence-electron chi connectivity index (χ4n) is 3.33. The van der Waals surface area contributed by atoms with Crippen LogP contribution in [0.4, 0.5) is 11.4 Å². The smallest absolute Gasteiger partial charge is 0.339 e. The Morgan fingerprint density at radius 2 is 1.66 bits per heavy atom. The molecule has 0 N–H and O–H groups in total. The number of fused-ring (bicyclic) bond motifs is 2. The monoisotopic (exact) mass is 487 g/mol. The molecule has 32 heavy (non-hydrogen) atoms. The van der Waals surface area contributed by atoms with Gasteiger partial charge in [0, 0.05) is 14.8 Å². The number of rotatable bonds is 5. The van der Waals surface area contributed by atoms with Crippen molar-refractivity contribution in [2.75, 3.05) is 17.3 Å². The molecular formula is C23H18ClNO5S2. The van der Waals surface area contributed by atoms with Crippen LogP contribution in [0.5, 0.6) is 0 Å². The summed E-state index contributed by atoms with van der Waals surface area (Å²) in [4.78, 5) is 28.9. The van der Waals surface area contributed by atoms with E-state index in [0.717, 1.165) is 9.79 Å². The van der Waals surface area contributed by atoms with Gasteiger partial charge < -0.3 is 4.74 Å². The van der Waals surface area contributed by atoms with Crippen molar-refractivity contribution in [3.05, 3.63) is 77.3 Å². The Kier molecular flexibility index (Phi) is 6.28. The summed E-state index contributed by atoms with van der Waals surface area (Å²) in [6.45, 7) is 0.930. The lowest BCUT2D eigenvalue weighted by molar-refractivity contribution is -0.121. The molecule has 0 atom stereocenters. The summed E-state index contributed by atoms with van der Waals surface area (Å²) >= 11 is 7.68. The molecule has 0 spiro atoms. The molecule has 1 heterocycles. The third-order valence-electron chi connectivity index (χ3n) is 4.89. The quantitative estimate of drug-likeness (QED) is 0.465. The highest BCUT2D eigenvalue weighted by molar-refractivity contribution is 7.99. The van der Waals surface area contributed by atoms with Gasteiger partial charge in [-0.1, -0.05) is 54.6 Å². The normalized spacial score (nSPS) is 12.6. The zero-order valence-electron chi connectivity index (χ0n) is 16.9. The molecule has 9 heteroatoms. The van der Waals surface area contributed by atoms with Crippen LogP contribution in [0, 0.1) is 0 Å². The highest BCUT2D eigenvalue weighted by atomic mass is 35.5. The van der Waals surface area contributed by atoms with Crippen LogP contribution in [-0.2, 0) is 19.4 Å². The van der Waals surface area contributed by atoms with Crippen LogP contribution in [-0.4, -0.2) is 32.7 Å². The lowest BCUT2D eigenvalue weighted by Gasteiger charge is -2.31. The first-order valence-corrected chi connectivity index (χ1v) is 12.5. The first kappa shape index (κ1) is 22.4. The zero-order valence-corrected chi connectivity index (χ0v) is 19.3. The summed E-state index contributed by atoms with van der Waals surface area (Å²) < 4.78 is 29.9. The Labute approximate surface area is 195 Å². The molecule has 4 rings (SSSR count). The largest absolute Gasteiger partial charge is 0.452 e. The molecule has 0 unspecified atom stereocenters. The molecule has 3 aromatic rings. The van der Waals surface area contributed by atoms with Crippen molar-refractivity contribution < 1.29 is 22.7 Å². The number of carbonyl (C=O) groups is 2. The van der Waals surface area contributed by atoms with Gasteiger partial charge in [0.2, 0.25) is 0 Å². The van der Waals surface area contributed by atoms with Crippen molar-refractivity contribution in [1.29, 1.82) is 0 Å². The van der Waals surface area contributed by atoms with Gasteiger partial charge in [-0.25, -0.2) is 13.2 Å². The number of sulfone groups is 1. The van der Waals surface area contributed by atoms with Gasteiger partial charge >= 0.3 is 5.97 Å². The van der Waals surface area contributed by atoms with Crippen LogP contribution in [0.3, 0.4) is 0 Å². The van der Waals surface area contributed by atoms with Crippen LogP contribution in [0.1, 0.15) is 17.3 Å². The number of halogens is 1. The molecule has 6 nitrogen and oxygen atoms in total. The van der Waals surface area contributed by atoms with Gasteiger partial charge in [-0.2, -0.15) is 0 Å². The van der Waals surface area contributed by atoms with E-state index in [1.807, 2.05) is 24.3 Å². The van der Waals surface area contributed by atoms with Crippen LogP contribution >= 0.6 is 23.4 Å². The standard InChI is InChI=1S/C23H18ClNO5S2/c1-2-32(28,29)21-10-6-3-7-16(21)23(27)30-14-22(26)25-17-8-4-5-9-19(17)31-20-12-11-15(24)13-18(20)25/h3-13H,2,14H2,1H3. The molecule has 0 fully saturated rings. The molecule has 0 radical (unpaired) electrons. The van der Waals surface area contributed by atoms with Crippen LogP contribution in [0.15, 0.2) is 81.4 Å². The highest BCUT2D eigenvalue weighted by Gasteiger charge is 2.30. The third kappa shape index (κ3) is 4.26. The number of amides is 1. The molecule has 164 valence electrons. The predicted molar refractivity (Wildman–Crippen MR) is 124 cm³/mol. The Hall–Kier alpha value is -2.81. The Balaban J connectivity index is 1.61. The molecule has 1 aliphatic heterocycles. The number of carbonyl (C=O) groups excluding carboxylic acids is 2. The maximum atomic E-state index is 13.2. The van der Waals surface area contributed by atoms with Crippen molar-refractivity contribution in [2.45, 2.75) is 21.6 Å². The Morgan fingerprint density at radius 1 is 0.969 bits per heavy atom. The summed E-state index contributed by atoms with van der Waals surface area (Å²) in [6, 6.07) is 18.5. The fourth-order valence-corrected chi connectivity index (χ4v) is 5.62. The van der Waals surface area contributed by atoms with Crippen LogP contribution < -0.4 is 4.90 Å². The summed E-state index contributed by atoms with van der Waals surface area (Å²) in [5.41, 5.74) is 1.15. The highest BCUT2D eigenvalue weighted by Crippen LogP contribution is 2.48. The van der Waals surface area contributed by atoms with Crippen LogP contribution in [0.2, 0.25) is 5.02 Å². The van der Waals surface area contributed by atoms with Gasteiger partial charge in [-0.3, -0.25) is 9.69 Å². The van der Waals surface area contributed by atoms with E-state index < -0.39 is 28.3 Å². The molecule has 0 saturated heterocycles. The van der Waals surface area contributed by atoms with Gasteiger partial charge in [0.15, 0.2) is 16.4 Å². The number of anilines is 2. The Morgan fingerprint density at radius 3 is 2.44 bits per heavy atom. The summed E-state index contributed by atoms with van der Waals surface area (Å²) in [7, 11) is -3.63. The Bertz CT molecular complexity index is 1320. The molecule has 3 aromatic carbocycles. The average molecular weight is 488 g/mol. The molecule has 0 saturated carbocycles. The first-order chi connectivity index (χ1) is 15.3. The topological polar surface area (TPSA) is 80.7 Å². The van der Waals surface area contributed by atoms with E-state index in [1.54, 1.807) is 24.3 Å². The number of hydrogen-bond donors (Lipinski definition) is 0. The minimum atomic E-state index is -3.63. The van der Waals surface area contributed by atoms with E-state index in [4.69, 9.17) is 16.3 Å². The number of esters is 1. The van der Waals surface area contributed by atoms with Gasteiger partial charge in [0.05, 0.1) is 27.6 Å². The van der Waals surface area contributed by atoms with E-state index in [9.17, 15) is 18.0 Å². The van der Waals surface area contributed by atoms with E-state index in [1.165, 1.54) is 41.8 Å². The predicted octanol–water partition coefficient (Wildman–Crippen LogP) is 5.12. The average Bonchev–Trinajstić information content (AvgIpc) is 2.80. The SMILES string of the molecule is CCS(=O)(=O)c1ccccc1C(=O)OCC(=O)N1c2ccccc2Sc2ccc(Cl)cc21. The number of ether oxygens (including phenoxy) is 1. The van der Waals surface area contributed by atoms with Crippen molar-refractivity contribution in [3.8, 4) is 0 Å². The van der Waals surface area contributed by atoms with Crippen LogP contribution in [0.25, 0.3) is 0 Å². The summed E-state index contributed by atoms with van der Waals surface area (Å²) in [5.74, 6) is -1.52. The van der Waals surface area contributed by atoms with Crippen molar-refractivity contribution >= 4 is 56.5 Å². The molecule has 1 aliphatic rings. The number of nitrogens with zero attached hydrogens (tertiary/aromatic N) is 1. The number of para-hydroxylation sites is 1. The number of benzene rings is 3. The molecule has 1 amide bonds. The number of hydrogen-bond acceptors (Lipinski definition) is 6. The maximum Gasteiger partial charge on any atom is 0.339 e. The van der Waals surface area contributed by atoms with Gasteiger partial charge in [-0.15, -0.1) is 0 Å². The van der Waals surface area contributed by atoms with Crippen molar-refractivity contribution in [1.82, 2.24) is 0 Å². The molecule has 0 bridgehead atoms. The molecule has 0 aromatic heterocycles. The maximum absolute atomic E-state index is 13.2. The molecular weight excluding hydrogens is 470 g/mol. The minimum absolute atomic E-state index is 0.0970. The first-order valence-electron chi connectivity index (χ1n) is 9.70. The van der Waals surface area contributed by atoms with Gasteiger partial charge in [-0.05, 0) is 42.5 Å². The second kappa shape index (κ2) is 8.97. The van der Waals surface area contributed by atoms with E-state index in [0.29, 0.717) is 16.4 Å². The van der Waals surface area contributed by atoms with E-state index >= 15 is 0 Å².